The molecule has 162 valence electrons. The summed E-state index contributed by atoms with van der Waals surface area (Å²) in [5, 5.41) is 3.52. The Labute approximate surface area is 178 Å². The van der Waals surface area contributed by atoms with Crippen molar-refractivity contribution < 1.29 is 13.9 Å². The standard InChI is InChI=1S/C23H32N4O3/c1-28-14-11-25-23(24-10-9-20-8-5-13-29-20)27-17-21-22(18-27)30-15-12-26(21)16-19-6-3-2-4-7-19/h2-8,13,21-22H,9-12,14-18H2,1H3,(H,24,25). The van der Waals surface area contributed by atoms with E-state index in [0.717, 1.165) is 57.5 Å². The van der Waals surface area contributed by atoms with Crippen LogP contribution < -0.4 is 5.32 Å². The highest BCUT2D eigenvalue weighted by molar-refractivity contribution is 5.80. The van der Waals surface area contributed by atoms with Gasteiger partial charge in [0.1, 0.15) is 5.76 Å². The first kappa shape index (κ1) is 20.9. The summed E-state index contributed by atoms with van der Waals surface area (Å²) in [5.74, 6) is 1.91. The van der Waals surface area contributed by atoms with Crippen LogP contribution in [0.15, 0.2) is 58.1 Å². The summed E-state index contributed by atoms with van der Waals surface area (Å²) in [5.41, 5.74) is 1.35. The van der Waals surface area contributed by atoms with Crippen LogP contribution in [-0.4, -0.2) is 81.0 Å². The van der Waals surface area contributed by atoms with E-state index in [1.807, 2.05) is 12.1 Å². The number of hydrogen-bond acceptors (Lipinski definition) is 5. The highest BCUT2D eigenvalue weighted by Crippen LogP contribution is 2.24. The van der Waals surface area contributed by atoms with Crippen LogP contribution in [0, 0.1) is 0 Å². The number of methoxy groups -OCH3 is 1. The van der Waals surface area contributed by atoms with Crippen LogP contribution in [0.2, 0.25) is 0 Å². The van der Waals surface area contributed by atoms with Crippen molar-refractivity contribution in [2.45, 2.75) is 25.1 Å². The van der Waals surface area contributed by atoms with E-state index in [0.29, 0.717) is 19.2 Å². The van der Waals surface area contributed by atoms with E-state index in [9.17, 15) is 0 Å². The molecule has 2 aromatic rings. The Bertz CT molecular complexity index is 781. The number of likely N-dealkylation sites (tertiary alicyclic amines) is 1. The molecule has 3 heterocycles. The predicted octanol–water partition coefficient (Wildman–Crippen LogP) is 2.00. The average molecular weight is 413 g/mol. The summed E-state index contributed by atoms with van der Waals surface area (Å²) in [6, 6.07) is 15.0. The Morgan fingerprint density at radius 3 is 2.90 bits per heavy atom. The molecule has 1 aromatic heterocycles. The Hall–Kier alpha value is -2.35. The van der Waals surface area contributed by atoms with Gasteiger partial charge in [0.05, 0.1) is 38.2 Å². The molecule has 0 aliphatic carbocycles. The summed E-state index contributed by atoms with van der Waals surface area (Å²) < 4.78 is 16.8. The maximum Gasteiger partial charge on any atom is 0.194 e. The molecule has 2 saturated heterocycles. The molecule has 7 heteroatoms. The fourth-order valence-electron chi connectivity index (χ4n) is 4.21. The lowest BCUT2D eigenvalue weighted by Gasteiger charge is -2.36. The molecule has 2 fully saturated rings. The van der Waals surface area contributed by atoms with Gasteiger partial charge in [0.15, 0.2) is 5.96 Å². The lowest BCUT2D eigenvalue weighted by Crippen LogP contribution is -2.50. The van der Waals surface area contributed by atoms with Crippen molar-refractivity contribution in [2.24, 2.45) is 4.99 Å². The van der Waals surface area contributed by atoms with Crippen LogP contribution in [-0.2, 0) is 22.4 Å². The second-order valence-corrected chi connectivity index (χ2v) is 7.79. The van der Waals surface area contributed by atoms with Crippen LogP contribution in [0.3, 0.4) is 0 Å². The second-order valence-electron chi connectivity index (χ2n) is 7.79. The molecule has 2 aliphatic heterocycles. The molecule has 2 atom stereocenters. The number of fused-ring (bicyclic) bond motifs is 1. The first-order valence-corrected chi connectivity index (χ1v) is 10.8. The molecule has 0 radical (unpaired) electrons. The second kappa shape index (κ2) is 10.6. The monoisotopic (exact) mass is 412 g/mol. The first-order chi connectivity index (χ1) is 14.8. The SMILES string of the molecule is COCCN=C(NCCc1ccco1)N1CC2OCCN(Cc3ccccc3)C2C1. The third kappa shape index (κ3) is 5.41. The largest absolute Gasteiger partial charge is 0.469 e. The summed E-state index contributed by atoms with van der Waals surface area (Å²) in [6.45, 7) is 6.50. The molecule has 4 rings (SSSR count). The molecule has 2 aliphatic rings. The zero-order valence-corrected chi connectivity index (χ0v) is 17.7. The Balaban J connectivity index is 1.39. The average Bonchev–Trinajstić information content (AvgIpc) is 3.44. The highest BCUT2D eigenvalue weighted by Gasteiger charge is 2.41. The molecule has 30 heavy (non-hydrogen) atoms. The van der Waals surface area contributed by atoms with Gasteiger partial charge in [-0.05, 0) is 17.7 Å². The molecule has 1 aromatic carbocycles. The normalized spacial score (nSPS) is 22.3. The van der Waals surface area contributed by atoms with E-state index in [2.05, 4.69) is 45.4 Å². The summed E-state index contributed by atoms with van der Waals surface area (Å²) in [4.78, 5) is 9.67. The molecule has 7 nitrogen and oxygen atoms in total. The van der Waals surface area contributed by atoms with Gasteiger partial charge in [-0.1, -0.05) is 30.3 Å². The number of aliphatic imine (C=N–C) groups is 1. The molecule has 0 bridgehead atoms. The minimum atomic E-state index is 0.210. The Kier molecular flexibility index (Phi) is 7.39. The van der Waals surface area contributed by atoms with Gasteiger partial charge in [-0.2, -0.15) is 0 Å². The first-order valence-electron chi connectivity index (χ1n) is 10.8. The highest BCUT2D eigenvalue weighted by atomic mass is 16.5. The van der Waals surface area contributed by atoms with Gasteiger partial charge >= 0.3 is 0 Å². The lowest BCUT2D eigenvalue weighted by molar-refractivity contribution is -0.0502. The van der Waals surface area contributed by atoms with E-state index in [-0.39, 0.29) is 6.10 Å². The number of guanidine groups is 1. The zero-order chi connectivity index (χ0) is 20.6. The molecular formula is C23H32N4O3. The summed E-state index contributed by atoms with van der Waals surface area (Å²) >= 11 is 0. The molecule has 2 unspecified atom stereocenters. The maximum atomic E-state index is 6.13. The number of rotatable bonds is 8. The van der Waals surface area contributed by atoms with Gasteiger partial charge in [-0.25, -0.2) is 0 Å². The van der Waals surface area contributed by atoms with E-state index in [4.69, 9.17) is 18.9 Å². The van der Waals surface area contributed by atoms with Gasteiger partial charge in [0.2, 0.25) is 0 Å². The van der Waals surface area contributed by atoms with Crippen molar-refractivity contribution in [3.63, 3.8) is 0 Å². The van der Waals surface area contributed by atoms with Crippen LogP contribution in [0.4, 0.5) is 0 Å². The molecule has 1 N–H and O–H groups in total. The molecular weight excluding hydrogens is 380 g/mol. The number of ether oxygens (including phenoxy) is 2. The summed E-state index contributed by atoms with van der Waals surface area (Å²) in [7, 11) is 1.71. The number of hydrogen-bond donors (Lipinski definition) is 1. The van der Waals surface area contributed by atoms with Crippen molar-refractivity contribution in [2.75, 3.05) is 53.0 Å². The fraction of sp³-hybridized carbons (Fsp3) is 0.522. The van der Waals surface area contributed by atoms with Gasteiger partial charge in [0, 0.05) is 46.3 Å². The Morgan fingerprint density at radius 2 is 2.10 bits per heavy atom. The summed E-state index contributed by atoms with van der Waals surface area (Å²) in [6.07, 6.45) is 2.75. The van der Waals surface area contributed by atoms with Crippen molar-refractivity contribution in [3.05, 3.63) is 60.1 Å². The third-order valence-electron chi connectivity index (χ3n) is 5.74. The van der Waals surface area contributed by atoms with Gasteiger partial charge in [-0.3, -0.25) is 9.89 Å². The number of nitrogens with zero attached hydrogens (tertiary/aromatic N) is 3. The van der Waals surface area contributed by atoms with E-state index < -0.39 is 0 Å². The number of benzene rings is 1. The van der Waals surface area contributed by atoms with E-state index in [1.54, 1.807) is 13.4 Å². The van der Waals surface area contributed by atoms with Crippen LogP contribution >= 0.6 is 0 Å². The minimum absolute atomic E-state index is 0.210. The third-order valence-corrected chi connectivity index (χ3v) is 5.74. The smallest absolute Gasteiger partial charge is 0.194 e. The van der Waals surface area contributed by atoms with Crippen molar-refractivity contribution >= 4 is 5.96 Å². The van der Waals surface area contributed by atoms with Crippen molar-refractivity contribution in [3.8, 4) is 0 Å². The van der Waals surface area contributed by atoms with Crippen LogP contribution in [0.5, 0.6) is 0 Å². The zero-order valence-electron chi connectivity index (χ0n) is 17.7. The van der Waals surface area contributed by atoms with Crippen LogP contribution in [0.25, 0.3) is 0 Å². The molecule has 0 spiro atoms. The van der Waals surface area contributed by atoms with Gasteiger partial charge in [-0.15, -0.1) is 0 Å². The fourth-order valence-corrected chi connectivity index (χ4v) is 4.21. The number of morpholine rings is 1. The van der Waals surface area contributed by atoms with Crippen molar-refractivity contribution in [1.82, 2.24) is 15.1 Å². The number of furan rings is 1. The minimum Gasteiger partial charge on any atom is -0.469 e. The quantitative estimate of drug-likeness (QED) is 0.407. The number of nitrogens with one attached hydrogen (secondary N) is 1. The van der Waals surface area contributed by atoms with E-state index >= 15 is 0 Å². The maximum absolute atomic E-state index is 6.13. The lowest BCUT2D eigenvalue weighted by atomic mass is 10.1. The van der Waals surface area contributed by atoms with Crippen molar-refractivity contribution in [1.29, 1.82) is 0 Å². The van der Waals surface area contributed by atoms with E-state index in [1.165, 1.54) is 5.56 Å². The Morgan fingerprint density at radius 1 is 1.20 bits per heavy atom. The van der Waals surface area contributed by atoms with Crippen LogP contribution in [0.1, 0.15) is 11.3 Å². The predicted molar refractivity (Wildman–Crippen MR) is 117 cm³/mol. The molecule has 0 amide bonds. The van der Waals surface area contributed by atoms with Gasteiger partial charge in [0.25, 0.3) is 0 Å². The molecule has 0 saturated carbocycles. The topological polar surface area (TPSA) is 62.5 Å². The van der Waals surface area contributed by atoms with Gasteiger partial charge < -0.3 is 24.1 Å².